The first-order valence-corrected chi connectivity index (χ1v) is 6.91. The standard InChI is InChI=1S/C15H21NO3/c1-2-19-14-8-6-12(7-9-14)15(18)16-10-4-3-5-13(16)11-17/h6-9,13,17H,2-5,10-11H2,1H3. The number of carbonyl (C=O) groups is 1. The van der Waals surface area contributed by atoms with E-state index in [0.29, 0.717) is 12.2 Å². The van der Waals surface area contributed by atoms with Crippen LogP contribution < -0.4 is 4.74 Å². The molecule has 4 heteroatoms. The van der Waals surface area contributed by atoms with Gasteiger partial charge in [-0.05, 0) is 50.5 Å². The van der Waals surface area contributed by atoms with Crippen LogP contribution in [0.15, 0.2) is 24.3 Å². The van der Waals surface area contributed by atoms with E-state index in [0.717, 1.165) is 31.6 Å². The van der Waals surface area contributed by atoms with Crippen molar-refractivity contribution in [1.29, 1.82) is 0 Å². The zero-order chi connectivity index (χ0) is 13.7. The molecule has 1 amide bonds. The van der Waals surface area contributed by atoms with Crippen molar-refractivity contribution in [3.8, 4) is 5.75 Å². The number of nitrogens with zero attached hydrogens (tertiary/aromatic N) is 1. The van der Waals surface area contributed by atoms with Gasteiger partial charge in [-0.2, -0.15) is 0 Å². The van der Waals surface area contributed by atoms with E-state index in [1.807, 2.05) is 19.1 Å². The van der Waals surface area contributed by atoms with Crippen LogP contribution in [-0.4, -0.2) is 41.7 Å². The smallest absolute Gasteiger partial charge is 0.254 e. The second kappa shape index (κ2) is 6.57. The molecule has 1 fully saturated rings. The summed E-state index contributed by atoms with van der Waals surface area (Å²) < 4.78 is 5.36. The number of carbonyl (C=O) groups excluding carboxylic acids is 1. The fourth-order valence-electron chi connectivity index (χ4n) is 2.48. The fourth-order valence-corrected chi connectivity index (χ4v) is 2.48. The Morgan fingerprint density at radius 1 is 1.37 bits per heavy atom. The number of aliphatic hydroxyl groups is 1. The summed E-state index contributed by atoms with van der Waals surface area (Å²) in [6.07, 6.45) is 2.98. The predicted molar refractivity (Wildman–Crippen MR) is 73.4 cm³/mol. The zero-order valence-corrected chi connectivity index (χ0v) is 11.3. The van der Waals surface area contributed by atoms with Crippen LogP contribution in [0.5, 0.6) is 5.75 Å². The molecule has 1 aromatic rings. The third-order valence-electron chi connectivity index (χ3n) is 3.51. The van der Waals surface area contributed by atoms with E-state index in [4.69, 9.17) is 4.74 Å². The summed E-state index contributed by atoms with van der Waals surface area (Å²) in [5, 5.41) is 9.36. The Balaban J connectivity index is 2.09. The Kier molecular flexibility index (Phi) is 4.80. The molecule has 1 aromatic carbocycles. The minimum absolute atomic E-state index is 0.00167. The Morgan fingerprint density at radius 2 is 2.11 bits per heavy atom. The molecule has 0 saturated carbocycles. The highest BCUT2D eigenvalue weighted by molar-refractivity contribution is 5.94. The van der Waals surface area contributed by atoms with Gasteiger partial charge in [-0.3, -0.25) is 4.79 Å². The van der Waals surface area contributed by atoms with Gasteiger partial charge < -0.3 is 14.7 Å². The topological polar surface area (TPSA) is 49.8 Å². The average molecular weight is 263 g/mol. The normalized spacial score (nSPS) is 19.3. The summed E-state index contributed by atoms with van der Waals surface area (Å²) >= 11 is 0. The van der Waals surface area contributed by atoms with Gasteiger partial charge in [0.1, 0.15) is 5.75 Å². The molecular weight excluding hydrogens is 242 g/mol. The maximum Gasteiger partial charge on any atom is 0.254 e. The minimum atomic E-state index is -0.0344. The lowest BCUT2D eigenvalue weighted by Crippen LogP contribution is -2.45. The van der Waals surface area contributed by atoms with E-state index < -0.39 is 0 Å². The second-order valence-corrected chi connectivity index (χ2v) is 4.79. The summed E-state index contributed by atoms with van der Waals surface area (Å²) in [5.41, 5.74) is 0.656. The van der Waals surface area contributed by atoms with E-state index in [1.54, 1.807) is 17.0 Å². The lowest BCUT2D eigenvalue weighted by Gasteiger charge is -2.34. The van der Waals surface area contributed by atoms with Crippen molar-refractivity contribution in [2.75, 3.05) is 19.8 Å². The van der Waals surface area contributed by atoms with Gasteiger partial charge in [0, 0.05) is 12.1 Å². The van der Waals surface area contributed by atoms with Crippen molar-refractivity contribution in [1.82, 2.24) is 4.90 Å². The molecule has 2 rings (SSSR count). The molecule has 0 spiro atoms. The van der Waals surface area contributed by atoms with Gasteiger partial charge in [0.15, 0.2) is 0 Å². The van der Waals surface area contributed by atoms with Crippen molar-refractivity contribution in [3.05, 3.63) is 29.8 Å². The highest BCUT2D eigenvalue weighted by atomic mass is 16.5. The first kappa shape index (κ1) is 13.9. The SMILES string of the molecule is CCOc1ccc(C(=O)N2CCCCC2CO)cc1. The van der Waals surface area contributed by atoms with Gasteiger partial charge in [-0.1, -0.05) is 0 Å². The van der Waals surface area contributed by atoms with Crippen molar-refractivity contribution >= 4 is 5.91 Å². The molecule has 0 radical (unpaired) electrons. The molecule has 1 heterocycles. The Bertz CT molecular complexity index is 416. The van der Waals surface area contributed by atoms with E-state index in [-0.39, 0.29) is 18.6 Å². The highest BCUT2D eigenvalue weighted by Crippen LogP contribution is 2.20. The minimum Gasteiger partial charge on any atom is -0.494 e. The molecule has 0 aromatic heterocycles. The molecule has 1 saturated heterocycles. The quantitative estimate of drug-likeness (QED) is 0.904. The molecule has 1 aliphatic heterocycles. The van der Waals surface area contributed by atoms with Gasteiger partial charge in [-0.15, -0.1) is 0 Å². The number of piperidine rings is 1. The summed E-state index contributed by atoms with van der Waals surface area (Å²) in [6, 6.07) is 7.17. The number of rotatable bonds is 4. The van der Waals surface area contributed by atoms with E-state index >= 15 is 0 Å². The Morgan fingerprint density at radius 3 is 2.74 bits per heavy atom. The molecular formula is C15H21NO3. The molecule has 0 aliphatic carbocycles. The summed E-state index contributed by atoms with van der Waals surface area (Å²) in [7, 11) is 0. The van der Waals surface area contributed by atoms with Crippen LogP contribution in [0, 0.1) is 0 Å². The first-order valence-electron chi connectivity index (χ1n) is 6.91. The first-order chi connectivity index (χ1) is 9.26. The van der Waals surface area contributed by atoms with Crippen molar-refractivity contribution < 1.29 is 14.6 Å². The van der Waals surface area contributed by atoms with Gasteiger partial charge in [-0.25, -0.2) is 0 Å². The van der Waals surface area contributed by atoms with Crippen LogP contribution in [0.3, 0.4) is 0 Å². The predicted octanol–water partition coefficient (Wildman–Crippen LogP) is 2.07. The van der Waals surface area contributed by atoms with Crippen molar-refractivity contribution in [3.63, 3.8) is 0 Å². The van der Waals surface area contributed by atoms with Crippen molar-refractivity contribution in [2.24, 2.45) is 0 Å². The number of aliphatic hydroxyl groups excluding tert-OH is 1. The van der Waals surface area contributed by atoms with Crippen LogP contribution in [0.25, 0.3) is 0 Å². The molecule has 4 nitrogen and oxygen atoms in total. The number of ether oxygens (including phenoxy) is 1. The maximum atomic E-state index is 12.4. The number of hydrogen-bond donors (Lipinski definition) is 1. The third kappa shape index (κ3) is 3.26. The van der Waals surface area contributed by atoms with E-state index in [9.17, 15) is 9.90 Å². The second-order valence-electron chi connectivity index (χ2n) is 4.79. The van der Waals surface area contributed by atoms with Gasteiger partial charge >= 0.3 is 0 Å². The number of likely N-dealkylation sites (tertiary alicyclic amines) is 1. The largest absolute Gasteiger partial charge is 0.494 e. The Labute approximate surface area is 114 Å². The lowest BCUT2D eigenvalue weighted by atomic mass is 10.0. The highest BCUT2D eigenvalue weighted by Gasteiger charge is 2.26. The van der Waals surface area contributed by atoms with Crippen LogP contribution in [0.1, 0.15) is 36.5 Å². The van der Waals surface area contributed by atoms with Crippen LogP contribution in [0.4, 0.5) is 0 Å². The molecule has 104 valence electrons. The van der Waals surface area contributed by atoms with E-state index in [2.05, 4.69) is 0 Å². The summed E-state index contributed by atoms with van der Waals surface area (Å²) in [4.78, 5) is 14.2. The third-order valence-corrected chi connectivity index (χ3v) is 3.51. The molecule has 1 N–H and O–H groups in total. The van der Waals surface area contributed by atoms with Crippen LogP contribution >= 0.6 is 0 Å². The molecule has 19 heavy (non-hydrogen) atoms. The lowest BCUT2D eigenvalue weighted by molar-refractivity contribution is 0.0503. The van der Waals surface area contributed by atoms with Gasteiger partial charge in [0.2, 0.25) is 0 Å². The van der Waals surface area contributed by atoms with E-state index in [1.165, 1.54) is 0 Å². The van der Waals surface area contributed by atoms with Crippen LogP contribution in [0.2, 0.25) is 0 Å². The number of benzene rings is 1. The van der Waals surface area contributed by atoms with Crippen LogP contribution in [-0.2, 0) is 0 Å². The van der Waals surface area contributed by atoms with Gasteiger partial charge in [0.25, 0.3) is 5.91 Å². The maximum absolute atomic E-state index is 12.4. The molecule has 1 atom stereocenters. The van der Waals surface area contributed by atoms with Gasteiger partial charge in [0.05, 0.1) is 19.3 Å². The number of amides is 1. The number of hydrogen-bond acceptors (Lipinski definition) is 3. The van der Waals surface area contributed by atoms with Crippen molar-refractivity contribution in [2.45, 2.75) is 32.2 Å². The zero-order valence-electron chi connectivity index (χ0n) is 11.3. The fraction of sp³-hybridized carbons (Fsp3) is 0.533. The Hall–Kier alpha value is -1.55. The molecule has 1 aliphatic rings. The average Bonchev–Trinajstić information content (AvgIpc) is 2.47. The summed E-state index contributed by atoms with van der Waals surface area (Å²) in [6.45, 7) is 3.32. The monoisotopic (exact) mass is 263 g/mol. The molecule has 1 unspecified atom stereocenters. The molecule has 0 bridgehead atoms. The summed E-state index contributed by atoms with van der Waals surface area (Å²) in [5.74, 6) is 0.776.